The van der Waals surface area contributed by atoms with E-state index in [1.165, 1.54) is 17.1 Å². The summed E-state index contributed by atoms with van der Waals surface area (Å²) in [4.78, 5) is 34.7. The Hall–Kier alpha value is -2.40. The fourth-order valence-electron chi connectivity index (χ4n) is 2.85. The SMILES string of the molecule is N=CCC(C=N)S(=O)(=O)O.O=C(O)C1CCC(CN2C(=O)C=CC2=O)CC1. The zero-order valence-electron chi connectivity index (χ0n) is 14.6. The topological polar surface area (TPSA) is 177 Å². The van der Waals surface area contributed by atoms with Crippen LogP contribution in [0.5, 0.6) is 0 Å². The molecule has 4 N–H and O–H groups in total. The van der Waals surface area contributed by atoms with Crippen molar-refractivity contribution in [3.8, 4) is 0 Å². The minimum atomic E-state index is -4.17. The lowest BCUT2D eigenvalue weighted by Gasteiger charge is -2.28. The molecule has 0 radical (unpaired) electrons. The van der Waals surface area contributed by atoms with Crippen LogP contribution >= 0.6 is 0 Å². The quantitative estimate of drug-likeness (QED) is 0.276. The lowest BCUT2D eigenvalue weighted by Crippen LogP contribution is -2.36. The summed E-state index contributed by atoms with van der Waals surface area (Å²) in [6, 6.07) is 0. The van der Waals surface area contributed by atoms with Crippen LogP contribution < -0.4 is 0 Å². The highest BCUT2D eigenvalue weighted by atomic mass is 32.2. The zero-order valence-corrected chi connectivity index (χ0v) is 15.4. The number of carbonyl (C=O) groups is 3. The largest absolute Gasteiger partial charge is 0.481 e. The number of amides is 2. The van der Waals surface area contributed by atoms with E-state index in [1.54, 1.807) is 0 Å². The van der Waals surface area contributed by atoms with Crippen molar-refractivity contribution < 1.29 is 32.5 Å². The lowest BCUT2D eigenvalue weighted by molar-refractivity contribution is -0.144. The van der Waals surface area contributed by atoms with Crippen LogP contribution in [-0.2, 0) is 24.5 Å². The number of hydrogen-bond donors (Lipinski definition) is 4. The van der Waals surface area contributed by atoms with Crippen LogP contribution in [0.15, 0.2) is 12.2 Å². The average Bonchev–Trinajstić information content (AvgIpc) is 2.91. The number of carboxylic acids is 1. The molecule has 0 saturated heterocycles. The van der Waals surface area contributed by atoms with Crippen molar-refractivity contribution in [1.29, 1.82) is 10.8 Å². The normalized spacial score (nSPS) is 23.4. The molecule has 27 heavy (non-hydrogen) atoms. The molecule has 11 heteroatoms. The van der Waals surface area contributed by atoms with Crippen molar-refractivity contribution in [2.24, 2.45) is 11.8 Å². The Bertz CT molecular complexity index is 706. The number of rotatable bonds is 7. The Kier molecular flexibility index (Phi) is 8.44. The average molecular weight is 401 g/mol. The van der Waals surface area contributed by atoms with Gasteiger partial charge >= 0.3 is 5.97 Å². The van der Waals surface area contributed by atoms with Crippen molar-refractivity contribution in [3.05, 3.63) is 12.2 Å². The molecule has 0 aromatic rings. The van der Waals surface area contributed by atoms with Gasteiger partial charge in [0.2, 0.25) is 0 Å². The molecule has 1 unspecified atom stereocenters. The van der Waals surface area contributed by atoms with Crippen molar-refractivity contribution in [2.45, 2.75) is 37.4 Å². The third kappa shape index (κ3) is 7.02. The Morgan fingerprint density at radius 1 is 1.19 bits per heavy atom. The molecule has 0 aromatic carbocycles. The first-order valence-corrected chi connectivity index (χ1v) is 9.82. The maximum absolute atomic E-state index is 11.4. The summed E-state index contributed by atoms with van der Waals surface area (Å²) in [6.45, 7) is 0.428. The first-order chi connectivity index (χ1) is 12.6. The fourth-order valence-corrected chi connectivity index (χ4v) is 3.36. The minimum absolute atomic E-state index is 0.150. The Labute approximate surface area is 157 Å². The van der Waals surface area contributed by atoms with Gasteiger partial charge in [-0.2, -0.15) is 8.42 Å². The van der Waals surface area contributed by atoms with Crippen LogP contribution in [-0.4, -0.2) is 65.0 Å². The summed E-state index contributed by atoms with van der Waals surface area (Å²) in [5.74, 6) is -1.25. The number of carbonyl (C=O) groups excluding carboxylic acids is 2. The molecule has 1 atom stereocenters. The smallest absolute Gasteiger partial charge is 0.306 e. The van der Waals surface area contributed by atoms with Crippen LogP contribution in [0.1, 0.15) is 32.1 Å². The monoisotopic (exact) mass is 401 g/mol. The van der Waals surface area contributed by atoms with Gasteiger partial charge in [0.25, 0.3) is 21.9 Å². The second-order valence-electron chi connectivity index (χ2n) is 6.34. The van der Waals surface area contributed by atoms with Crippen LogP contribution in [0.25, 0.3) is 0 Å². The van der Waals surface area contributed by atoms with Gasteiger partial charge in [-0.25, -0.2) is 0 Å². The molecule has 2 aliphatic rings. The van der Waals surface area contributed by atoms with Gasteiger partial charge in [-0.05, 0) is 37.8 Å². The van der Waals surface area contributed by atoms with Gasteiger partial charge in [-0.1, -0.05) is 0 Å². The molecule has 0 aromatic heterocycles. The molecule has 1 heterocycles. The predicted molar refractivity (Wildman–Crippen MR) is 96.5 cm³/mol. The molecule has 1 saturated carbocycles. The van der Waals surface area contributed by atoms with Gasteiger partial charge < -0.3 is 15.9 Å². The molecule has 10 nitrogen and oxygen atoms in total. The minimum Gasteiger partial charge on any atom is -0.481 e. The van der Waals surface area contributed by atoms with Gasteiger partial charge in [-0.3, -0.25) is 23.8 Å². The molecule has 2 amide bonds. The van der Waals surface area contributed by atoms with Gasteiger partial charge in [-0.15, -0.1) is 0 Å². The molecular formula is C16H23N3O7S. The van der Waals surface area contributed by atoms with E-state index in [-0.39, 0.29) is 30.1 Å². The molecule has 150 valence electrons. The molecule has 0 spiro atoms. The van der Waals surface area contributed by atoms with E-state index in [0.717, 1.165) is 19.1 Å². The second kappa shape index (κ2) is 10.1. The van der Waals surface area contributed by atoms with Crippen LogP contribution in [0.3, 0.4) is 0 Å². The van der Waals surface area contributed by atoms with E-state index in [9.17, 15) is 22.8 Å². The molecule has 1 fully saturated rings. The number of nitrogens with zero attached hydrogens (tertiary/aromatic N) is 1. The summed E-state index contributed by atoms with van der Waals surface area (Å²) in [5.41, 5.74) is 0. The highest BCUT2D eigenvalue weighted by Gasteiger charge is 2.30. The summed E-state index contributed by atoms with van der Waals surface area (Å²) in [5, 5.41) is 20.7. The zero-order chi connectivity index (χ0) is 20.6. The Balaban J connectivity index is 0.000000314. The number of carboxylic acid groups (broad SMARTS) is 1. The third-order valence-electron chi connectivity index (χ3n) is 4.46. The van der Waals surface area contributed by atoms with Crippen LogP contribution in [0, 0.1) is 22.7 Å². The summed E-state index contributed by atoms with van der Waals surface area (Å²) >= 11 is 0. The Morgan fingerprint density at radius 2 is 1.70 bits per heavy atom. The van der Waals surface area contributed by atoms with Crippen molar-refractivity contribution in [2.75, 3.05) is 6.54 Å². The fraction of sp³-hybridized carbons (Fsp3) is 0.562. The van der Waals surface area contributed by atoms with Gasteiger partial charge in [0.05, 0.1) is 5.92 Å². The van der Waals surface area contributed by atoms with Crippen molar-refractivity contribution in [1.82, 2.24) is 4.90 Å². The predicted octanol–water partition coefficient (Wildman–Crippen LogP) is 0.734. The van der Waals surface area contributed by atoms with E-state index < -0.39 is 21.3 Å². The van der Waals surface area contributed by atoms with Crippen molar-refractivity contribution in [3.63, 3.8) is 0 Å². The summed E-state index contributed by atoms with van der Waals surface area (Å²) in [6.07, 6.45) is 6.68. The maximum Gasteiger partial charge on any atom is 0.306 e. The lowest BCUT2D eigenvalue weighted by atomic mass is 9.82. The number of nitrogens with one attached hydrogen (secondary N) is 2. The van der Waals surface area contributed by atoms with Gasteiger partial charge in [0.1, 0.15) is 5.25 Å². The van der Waals surface area contributed by atoms with E-state index in [1.807, 2.05) is 0 Å². The molecular weight excluding hydrogens is 378 g/mol. The molecule has 2 rings (SSSR count). The number of aliphatic carboxylic acids is 1. The summed E-state index contributed by atoms with van der Waals surface area (Å²) < 4.78 is 28.8. The van der Waals surface area contributed by atoms with Gasteiger partial charge in [0, 0.05) is 31.3 Å². The summed E-state index contributed by atoms with van der Waals surface area (Å²) in [7, 11) is -4.17. The van der Waals surface area contributed by atoms with E-state index in [4.69, 9.17) is 20.5 Å². The first-order valence-electron chi connectivity index (χ1n) is 8.32. The van der Waals surface area contributed by atoms with E-state index in [0.29, 0.717) is 25.6 Å². The van der Waals surface area contributed by atoms with Gasteiger partial charge in [0.15, 0.2) is 0 Å². The van der Waals surface area contributed by atoms with E-state index >= 15 is 0 Å². The van der Waals surface area contributed by atoms with Crippen LogP contribution in [0.2, 0.25) is 0 Å². The highest BCUT2D eigenvalue weighted by molar-refractivity contribution is 7.87. The van der Waals surface area contributed by atoms with Crippen LogP contribution in [0.4, 0.5) is 0 Å². The highest BCUT2D eigenvalue weighted by Crippen LogP contribution is 2.30. The maximum atomic E-state index is 11.4. The van der Waals surface area contributed by atoms with E-state index in [2.05, 4.69) is 0 Å². The Morgan fingerprint density at radius 3 is 2.04 bits per heavy atom. The number of imide groups is 1. The molecule has 1 aliphatic heterocycles. The van der Waals surface area contributed by atoms with Crippen molar-refractivity contribution >= 4 is 40.3 Å². The molecule has 0 bridgehead atoms. The molecule has 1 aliphatic carbocycles. The first kappa shape index (κ1) is 22.6. The standard InChI is InChI=1S/C12H15NO4.C4H8N2O3S/c14-10-5-6-11(15)13(10)7-8-1-3-9(4-2-8)12(16)17;5-2-1-4(3-6)10(7,8)9/h5-6,8-9H,1-4,7H2,(H,16,17);2-6H,1H2,(H,7,8,9). The number of hydrogen-bond acceptors (Lipinski definition) is 7. The third-order valence-corrected chi connectivity index (χ3v) is 5.55. The second-order valence-corrected chi connectivity index (χ2v) is 7.97.